The highest BCUT2D eigenvalue weighted by molar-refractivity contribution is 5.01. The van der Waals surface area contributed by atoms with Gasteiger partial charge in [-0.15, -0.1) is 0 Å². The van der Waals surface area contributed by atoms with Gasteiger partial charge in [0.05, 0.1) is 11.2 Å². The molecule has 0 aromatic rings. The van der Waals surface area contributed by atoms with E-state index in [-0.39, 0.29) is 11.2 Å². The zero-order chi connectivity index (χ0) is 12.7. The highest BCUT2D eigenvalue weighted by Crippen LogP contribution is 2.53. The average Bonchev–Trinajstić information content (AvgIpc) is 2.83. The summed E-state index contributed by atoms with van der Waals surface area (Å²) in [6.07, 6.45) is 12.4. The SMILES string of the molecule is CCC1(C)CNCC2(CCC3(CCCC3)CC2)O1. The van der Waals surface area contributed by atoms with Crippen LogP contribution in [0.1, 0.15) is 71.6 Å². The summed E-state index contributed by atoms with van der Waals surface area (Å²) in [4.78, 5) is 0. The lowest BCUT2D eigenvalue weighted by molar-refractivity contribution is -0.193. The van der Waals surface area contributed by atoms with Crippen LogP contribution in [0.15, 0.2) is 0 Å². The second-order valence-corrected chi connectivity index (χ2v) is 7.40. The number of hydrogen-bond donors (Lipinski definition) is 1. The van der Waals surface area contributed by atoms with Crippen LogP contribution in [0.2, 0.25) is 0 Å². The van der Waals surface area contributed by atoms with Crippen molar-refractivity contribution in [3.05, 3.63) is 0 Å². The molecule has 2 nitrogen and oxygen atoms in total. The monoisotopic (exact) mass is 251 g/mol. The van der Waals surface area contributed by atoms with Gasteiger partial charge in [0.2, 0.25) is 0 Å². The van der Waals surface area contributed by atoms with Crippen LogP contribution in [-0.2, 0) is 4.74 Å². The molecule has 3 fully saturated rings. The van der Waals surface area contributed by atoms with Gasteiger partial charge in [0.15, 0.2) is 0 Å². The molecule has 0 amide bonds. The van der Waals surface area contributed by atoms with Crippen LogP contribution < -0.4 is 5.32 Å². The first kappa shape index (κ1) is 12.9. The number of nitrogens with one attached hydrogen (secondary N) is 1. The fourth-order valence-corrected chi connectivity index (χ4v) is 4.49. The van der Waals surface area contributed by atoms with Crippen LogP contribution in [0.3, 0.4) is 0 Å². The summed E-state index contributed by atoms with van der Waals surface area (Å²) in [6.45, 7) is 6.64. The quantitative estimate of drug-likeness (QED) is 0.768. The van der Waals surface area contributed by atoms with Crippen molar-refractivity contribution >= 4 is 0 Å². The standard InChI is InChI=1S/C16H29NO/c1-3-14(2)12-17-13-16(18-14)10-8-15(9-11-16)6-4-5-7-15/h17H,3-13H2,1-2H3. The minimum absolute atomic E-state index is 0.0679. The largest absolute Gasteiger partial charge is 0.366 e. The maximum Gasteiger partial charge on any atom is 0.0814 e. The molecule has 0 aromatic carbocycles. The zero-order valence-electron chi connectivity index (χ0n) is 12.2. The van der Waals surface area contributed by atoms with Crippen LogP contribution in [0, 0.1) is 5.41 Å². The van der Waals surface area contributed by atoms with E-state index in [9.17, 15) is 0 Å². The molecule has 1 aliphatic heterocycles. The van der Waals surface area contributed by atoms with Crippen LogP contribution in [-0.4, -0.2) is 24.3 Å². The van der Waals surface area contributed by atoms with Gasteiger partial charge in [0.1, 0.15) is 0 Å². The molecular formula is C16H29NO. The average molecular weight is 251 g/mol. The van der Waals surface area contributed by atoms with Crippen molar-refractivity contribution < 1.29 is 4.74 Å². The summed E-state index contributed by atoms with van der Waals surface area (Å²) in [5.74, 6) is 0. The Labute approximate surface area is 112 Å². The summed E-state index contributed by atoms with van der Waals surface area (Å²) in [6, 6.07) is 0. The fraction of sp³-hybridized carbons (Fsp3) is 1.00. The van der Waals surface area contributed by atoms with Crippen LogP contribution in [0.25, 0.3) is 0 Å². The number of rotatable bonds is 1. The summed E-state index contributed by atoms with van der Waals surface area (Å²) in [5, 5.41) is 3.64. The second kappa shape index (κ2) is 4.49. The summed E-state index contributed by atoms with van der Waals surface area (Å²) in [7, 11) is 0. The van der Waals surface area contributed by atoms with Gasteiger partial charge in [-0.05, 0) is 57.3 Å². The third-order valence-electron chi connectivity index (χ3n) is 6.04. The van der Waals surface area contributed by atoms with Crippen molar-refractivity contribution in [1.29, 1.82) is 0 Å². The Bertz CT molecular complexity index is 298. The molecule has 3 rings (SSSR count). The summed E-state index contributed by atoms with van der Waals surface area (Å²) < 4.78 is 6.59. The molecule has 0 bridgehead atoms. The first-order valence-electron chi connectivity index (χ1n) is 8.00. The highest BCUT2D eigenvalue weighted by Gasteiger charge is 2.48. The molecule has 0 aromatic heterocycles. The molecule has 1 heterocycles. The van der Waals surface area contributed by atoms with Crippen molar-refractivity contribution in [3.63, 3.8) is 0 Å². The van der Waals surface area contributed by atoms with E-state index in [1.807, 2.05) is 0 Å². The van der Waals surface area contributed by atoms with Gasteiger partial charge in [-0.3, -0.25) is 0 Å². The first-order chi connectivity index (χ1) is 8.60. The van der Waals surface area contributed by atoms with Gasteiger partial charge >= 0.3 is 0 Å². The van der Waals surface area contributed by atoms with Crippen molar-refractivity contribution in [3.8, 4) is 0 Å². The van der Waals surface area contributed by atoms with Gasteiger partial charge in [-0.1, -0.05) is 19.8 Å². The molecule has 2 aliphatic carbocycles. The fourth-order valence-electron chi connectivity index (χ4n) is 4.49. The molecule has 104 valence electrons. The Morgan fingerprint density at radius 2 is 1.61 bits per heavy atom. The Hall–Kier alpha value is -0.0800. The van der Waals surface area contributed by atoms with E-state index in [2.05, 4.69) is 19.2 Å². The Kier molecular flexibility index (Phi) is 3.22. The minimum Gasteiger partial charge on any atom is -0.366 e. The topological polar surface area (TPSA) is 21.3 Å². The first-order valence-corrected chi connectivity index (χ1v) is 8.00. The van der Waals surface area contributed by atoms with Crippen molar-refractivity contribution in [2.24, 2.45) is 5.41 Å². The molecule has 1 saturated heterocycles. The Morgan fingerprint density at radius 1 is 0.944 bits per heavy atom. The van der Waals surface area contributed by atoms with Crippen LogP contribution in [0.4, 0.5) is 0 Å². The summed E-state index contributed by atoms with van der Waals surface area (Å²) in [5.41, 5.74) is 0.948. The number of hydrogen-bond acceptors (Lipinski definition) is 2. The Balaban J connectivity index is 1.67. The molecule has 2 heteroatoms. The smallest absolute Gasteiger partial charge is 0.0814 e. The number of ether oxygens (including phenoxy) is 1. The molecule has 1 atom stereocenters. The zero-order valence-corrected chi connectivity index (χ0v) is 12.2. The van der Waals surface area contributed by atoms with E-state index in [1.165, 1.54) is 51.4 Å². The predicted octanol–water partition coefficient (Wildman–Crippen LogP) is 3.65. The number of morpholine rings is 1. The van der Waals surface area contributed by atoms with Crippen molar-refractivity contribution in [1.82, 2.24) is 5.32 Å². The lowest BCUT2D eigenvalue weighted by Crippen LogP contribution is -2.60. The van der Waals surface area contributed by atoms with Gasteiger partial charge in [0, 0.05) is 13.1 Å². The predicted molar refractivity (Wildman–Crippen MR) is 74.8 cm³/mol. The van der Waals surface area contributed by atoms with E-state index in [1.54, 1.807) is 0 Å². The van der Waals surface area contributed by atoms with E-state index < -0.39 is 0 Å². The van der Waals surface area contributed by atoms with Gasteiger partial charge in [-0.25, -0.2) is 0 Å². The molecule has 2 saturated carbocycles. The van der Waals surface area contributed by atoms with Gasteiger partial charge < -0.3 is 10.1 Å². The third-order valence-corrected chi connectivity index (χ3v) is 6.04. The molecule has 18 heavy (non-hydrogen) atoms. The van der Waals surface area contributed by atoms with Crippen molar-refractivity contribution in [2.75, 3.05) is 13.1 Å². The third kappa shape index (κ3) is 2.22. The molecule has 2 spiro atoms. The summed E-state index contributed by atoms with van der Waals surface area (Å²) >= 11 is 0. The lowest BCUT2D eigenvalue weighted by Gasteiger charge is -2.52. The van der Waals surface area contributed by atoms with Crippen LogP contribution >= 0.6 is 0 Å². The Morgan fingerprint density at radius 3 is 2.22 bits per heavy atom. The normalized spacial score (nSPS) is 38.3. The molecule has 0 radical (unpaired) electrons. The highest BCUT2D eigenvalue weighted by atomic mass is 16.5. The van der Waals surface area contributed by atoms with Crippen LogP contribution in [0.5, 0.6) is 0 Å². The van der Waals surface area contributed by atoms with Gasteiger partial charge in [0.25, 0.3) is 0 Å². The second-order valence-electron chi connectivity index (χ2n) is 7.40. The molecule has 1 N–H and O–H groups in total. The van der Waals surface area contributed by atoms with Crippen molar-refractivity contribution in [2.45, 2.75) is 82.8 Å². The van der Waals surface area contributed by atoms with E-state index >= 15 is 0 Å². The van der Waals surface area contributed by atoms with E-state index in [0.29, 0.717) is 5.41 Å². The molecule has 1 unspecified atom stereocenters. The maximum atomic E-state index is 6.59. The molecule has 3 aliphatic rings. The van der Waals surface area contributed by atoms with Gasteiger partial charge in [-0.2, -0.15) is 0 Å². The van der Waals surface area contributed by atoms with E-state index in [4.69, 9.17) is 4.74 Å². The maximum absolute atomic E-state index is 6.59. The van der Waals surface area contributed by atoms with E-state index in [0.717, 1.165) is 19.5 Å². The minimum atomic E-state index is 0.0679. The molecular weight excluding hydrogens is 222 g/mol. The lowest BCUT2D eigenvalue weighted by atomic mass is 9.67.